The van der Waals surface area contributed by atoms with Gasteiger partial charge in [-0.1, -0.05) is 13.8 Å². The molecule has 3 atom stereocenters. The van der Waals surface area contributed by atoms with Crippen molar-refractivity contribution in [1.29, 1.82) is 0 Å². The van der Waals surface area contributed by atoms with Crippen molar-refractivity contribution in [1.82, 2.24) is 10.2 Å². The molecule has 0 amide bonds. The SMILES string of the molecule is CC1CC(C)C(C)N(c2ccc(N)nn2)C1. The molecular formula is C12H20N4. The summed E-state index contributed by atoms with van der Waals surface area (Å²) in [4.78, 5) is 2.34. The van der Waals surface area contributed by atoms with Crippen LogP contribution in [0.15, 0.2) is 12.1 Å². The number of nitrogens with zero attached hydrogens (tertiary/aromatic N) is 3. The van der Waals surface area contributed by atoms with Gasteiger partial charge in [0.15, 0.2) is 5.82 Å². The van der Waals surface area contributed by atoms with E-state index in [1.165, 1.54) is 6.42 Å². The van der Waals surface area contributed by atoms with Gasteiger partial charge in [-0.05, 0) is 37.3 Å². The average molecular weight is 220 g/mol. The standard InChI is InChI=1S/C12H20N4/c1-8-6-9(2)10(3)16(7-8)12-5-4-11(13)14-15-12/h4-5,8-10H,6-7H2,1-3H3,(H2,13,14). The molecule has 0 spiro atoms. The summed E-state index contributed by atoms with van der Waals surface area (Å²) in [5, 5.41) is 8.10. The summed E-state index contributed by atoms with van der Waals surface area (Å²) in [5.41, 5.74) is 5.55. The van der Waals surface area contributed by atoms with Gasteiger partial charge >= 0.3 is 0 Å². The molecule has 1 fully saturated rings. The normalized spacial score (nSPS) is 30.4. The first-order chi connectivity index (χ1) is 7.58. The molecule has 2 N–H and O–H groups in total. The van der Waals surface area contributed by atoms with E-state index in [0.29, 0.717) is 23.7 Å². The van der Waals surface area contributed by atoms with Gasteiger partial charge in [0.05, 0.1) is 0 Å². The fourth-order valence-electron chi connectivity index (χ4n) is 2.51. The first-order valence-electron chi connectivity index (χ1n) is 5.93. The highest BCUT2D eigenvalue weighted by Gasteiger charge is 2.29. The number of nitrogen functional groups attached to an aromatic ring is 1. The van der Waals surface area contributed by atoms with Crippen molar-refractivity contribution in [3.63, 3.8) is 0 Å². The van der Waals surface area contributed by atoms with Crippen LogP contribution in [-0.4, -0.2) is 22.8 Å². The zero-order chi connectivity index (χ0) is 11.7. The second-order valence-electron chi connectivity index (χ2n) is 5.03. The molecule has 4 nitrogen and oxygen atoms in total. The molecule has 3 unspecified atom stereocenters. The van der Waals surface area contributed by atoms with Gasteiger partial charge in [0, 0.05) is 12.6 Å². The van der Waals surface area contributed by atoms with E-state index in [0.717, 1.165) is 12.4 Å². The number of nitrogens with two attached hydrogens (primary N) is 1. The molecule has 1 saturated heterocycles. The Morgan fingerprint density at radius 3 is 2.62 bits per heavy atom. The molecule has 88 valence electrons. The number of anilines is 2. The lowest BCUT2D eigenvalue weighted by atomic mass is 9.86. The van der Waals surface area contributed by atoms with Crippen molar-refractivity contribution in [2.24, 2.45) is 11.8 Å². The number of aromatic nitrogens is 2. The van der Waals surface area contributed by atoms with Crippen LogP contribution in [0.4, 0.5) is 11.6 Å². The van der Waals surface area contributed by atoms with E-state index < -0.39 is 0 Å². The Morgan fingerprint density at radius 2 is 2.00 bits per heavy atom. The zero-order valence-electron chi connectivity index (χ0n) is 10.2. The van der Waals surface area contributed by atoms with E-state index in [1.54, 1.807) is 0 Å². The van der Waals surface area contributed by atoms with Crippen molar-refractivity contribution in [3.05, 3.63) is 12.1 Å². The Morgan fingerprint density at radius 1 is 1.25 bits per heavy atom. The zero-order valence-corrected chi connectivity index (χ0v) is 10.2. The van der Waals surface area contributed by atoms with Gasteiger partial charge in [-0.2, -0.15) is 0 Å². The Balaban J connectivity index is 2.21. The predicted octanol–water partition coefficient (Wildman–Crippen LogP) is 1.93. The lowest BCUT2D eigenvalue weighted by Crippen LogP contribution is -2.46. The topological polar surface area (TPSA) is 55.0 Å². The molecule has 4 heteroatoms. The smallest absolute Gasteiger partial charge is 0.151 e. The van der Waals surface area contributed by atoms with E-state index in [2.05, 4.69) is 35.9 Å². The van der Waals surface area contributed by atoms with Crippen molar-refractivity contribution in [2.75, 3.05) is 17.2 Å². The Kier molecular flexibility index (Phi) is 2.99. The summed E-state index contributed by atoms with van der Waals surface area (Å²) in [6, 6.07) is 4.30. The third kappa shape index (κ3) is 2.10. The third-order valence-electron chi connectivity index (χ3n) is 3.56. The number of hydrogen-bond acceptors (Lipinski definition) is 4. The minimum atomic E-state index is 0.481. The summed E-state index contributed by atoms with van der Waals surface area (Å²) < 4.78 is 0. The van der Waals surface area contributed by atoms with Crippen LogP contribution in [0.3, 0.4) is 0 Å². The van der Waals surface area contributed by atoms with Gasteiger partial charge in [-0.15, -0.1) is 10.2 Å². The summed E-state index contributed by atoms with van der Waals surface area (Å²) in [6.45, 7) is 7.91. The van der Waals surface area contributed by atoms with Crippen molar-refractivity contribution in [2.45, 2.75) is 33.2 Å². The van der Waals surface area contributed by atoms with Gasteiger partial charge in [-0.3, -0.25) is 0 Å². The molecule has 1 aromatic heterocycles. The molecule has 1 aromatic rings. The molecule has 0 radical (unpaired) electrons. The molecule has 1 aliphatic rings. The molecule has 0 bridgehead atoms. The first kappa shape index (κ1) is 11.2. The second kappa shape index (κ2) is 4.28. The Hall–Kier alpha value is -1.32. The van der Waals surface area contributed by atoms with Gasteiger partial charge in [-0.25, -0.2) is 0 Å². The largest absolute Gasteiger partial charge is 0.382 e. The van der Waals surface area contributed by atoms with Gasteiger partial charge in [0.2, 0.25) is 0 Å². The van der Waals surface area contributed by atoms with E-state index in [1.807, 2.05) is 12.1 Å². The van der Waals surface area contributed by atoms with Crippen LogP contribution >= 0.6 is 0 Å². The summed E-state index contributed by atoms with van der Waals surface area (Å²) in [7, 11) is 0. The highest BCUT2D eigenvalue weighted by molar-refractivity contribution is 5.43. The molecule has 1 aliphatic heterocycles. The van der Waals surface area contributed by atoms with Gasteiger partial charge in [0.1, 0.15) is 5.82 Å². The third-order valence-corrected chi connectivity index (χ3v) is 3.56. The van der Waals surface area contributed by atoms with Crippen LogP contribution in [0.1, 0.15) is 27.2 Å². The molecular weight excluding hydrogens is 200 g/mol. The number of piperidine rings is 1. The van der Waals surface area contributed by atoms with E-state index in [-0.39, 0.29) is 0 Å². The van der Waals surface area contributed by atoms with Gasteiger partial charge in [0.25, 0.3) is 0 Å². The van der Waals surface area contributed by atoms with Crippen molar-refractivity contribution >= 4 is 11.6 Å². The Bertz CT molecular complexity index is 349. The predicted molar refractivity (Wildman–Crippen MR) is 66.2 cm³/mol. The highest BCUT2D eigenvalue weighted by Crippen LogP contribution is 2.29. The van der Waals surface area contributed by atoms with E-state index in [4.69, 9.17) is 5.73 Å². The number of hydrogen-bond donors (Lipinski definition) is 1. The van der Waals surface area contributed by atoms with Crippen LogP contribution in [0.2, 0.25) is 0 Å². The molecule has 0 aliphatic carbocycles. The number of rotatable bonds is 1. The van der Waals surface area contributed by atoms with Crippen molar-refractivity contribution in [3.8, 4) is 0 Å². The van der Waals surface area contributed by atoms with E-state index in [9.17, 15) is 0 Å². The summed E-state index contributed by atoms with van der Waals surface area (Å²) >= 11 is 0. The molecule has 2 heterocycles. The summed E-state index contributed by atoms with van der Waals surface area (Å²) in [6.07, 6.45) is 1.29. The average Bonchev–Trinajstić information content (AvgIpc) is 2.25. The molecule has 0 saturated carbocycles. The summed E-state index contributed by atoms with van der Waals surface area (Å²) in [5.74, 6) is 2.84. The molecule has 2 rings (SSSR count). The quantitative estimate of drug-likeness (QED) is 0.785. The first-order valence-corrected chi connectivity index (χ1v) is 5.93. The van der Waals surface area contributed by atoms with Crippen molar-refractivity contribution < 1.29 is 0 Å². The fourth-order valence-corrected chi connectivity index (χ4v) is 2.51. The minimum absolute atomic E-state index is 0.481. The van der Waals surface area contributed by atoms with Gasteiger partial charge < -0.3 is 10.6 Å². The van der Waals surface area contributed by atoms with Crippen LogP contribution in [0.25, 0.3) is 0 Å². The van der Waals surface area contributed by atoms with Crippen LogP contribution in [-0.2, 0) is 0 Å². The highest BCUT2D eigenvalue weighted by atomic mass is 15.3. The maximum absolute atomic E-state index is 5.55. The second-order valence-corrected chi connectivity index (χ2v) is 5.03. The maximum atomic E-state index is 5.55. The monoisotopic (exact) mass is 220 g/mol. The molecule has 16 heavy (non-hydrogen) atoms. The fraction of sp³-hybridized carbons (Fsp3) is 0.667. The van der Waals surface area contributed by atoms with Crippen LogP contribution in [0.5, 0.6) is 0 Å². The minimum Gasteiger partial charge on any atom is -0.382 e. The molecule has 0 aromatic carbocycles. The van der Waals surface area contributed by atoms with Crippen LogP contribution in [0, 0.1) is 11.8 Å². The van der Waals surface area contributed by atoms with E-state index >= 15 is 0 Å². The maximum Gasteiger partial charge on any atom is 0.151 e. The lowest BCUT2D eigenvalue weighted by Gasteiger charge is -2.41. The van der Waals surface area contributed by atoms with Crippen LogP contribution < -0.4 is 10.6 Å². The Labute approximate surface area is 96.9 Å². The lowest BCUT2D eigenvalue weighted by molar-refractivity contribution is 0.295.